The van der Waals surface area contributed by atoms with Crippen molar-refractivity contribution < 1.29 is 23.5 Å². The van der Waals surface area contributed by atoms with Gasteiger partial charge >= 0.3 is 0 Å². The average molecular weight is 592 g/mol. The summed E-state index contributed by atoms with van der Waals surface area (Å²) in [6.07, 6.45) is 3.50. The van der Waals surface area contributed by atoms with Crippen LogP contribution in [0.2, 0.25) is 0 Å². The first kappa shape index (κ1) is 31.8. The molecule has 0 saturated carbocycles. The Morgan fingerprint density at radius 3 is 2.52 bits per heavy atom. The van der Waals surface area contributed by atoms with Gasteiger partial charge in [-0.15, -0.1) is 12.4 Å². The molecule has 0 spiro atoms. The van der Waals surface area contributed by atoms with E-state index in [2.05, 4.69) is 28.6 Å². The fourth-order valence-electron chi connectivity index (χ4n) is 4.48. The van der Waals surface area contributed by atoms with Crippen molar-refractivity contribution in [1.29, 1.82) is 5.26 Å². The normalized spacial score (nSPS) is 11.3. The number of nitrogens with zero attached hydrogens (tertiary/aromatic N) is 3. The molecule has 1 atom stereocenters. The Balaban J connectivity index is 0.00000484. The van der Waals surface area contributed by atoms with E-state index in [1.54, 1.807) is 36.4 Å². The summed E-state index contributed by atoms with van der Waals surface area (Å²) in [4.78, 5) is 32.1. The number of carbonyl (C=O) groups excluding carboxylic acids is 2. The lowest BCUT2D eigenvalue weighted by Gasteiger charge is -2.23. The van der Waals surface area contributed by atoms with Gasteiger partial charge in [0.25, 0.3) is 5.91 Å². The van der Waals surface area contributed by atoms with Crippen LogP contribution in [0.5, 0.6) is 5.75 Å². The molecule has 0 fully saturated rings. The van der Waals surface area contributed by atoms with Crippen LogP contribution < -0.4 is 10.6 Å². The number of hydrogen-bond acceptors (Lipinski definition) is 7. The summed E-state index contributed by atoms with van der Waals surface area (Å²) in [6.45, 7) is 2.07. The Kier molecular flexibility index (Phi) is 10.8. The Bertz CT molecular complexity index is 1600. The van der Waals surface area contributed by atoms with Gasteiger partial charge in [-0.25, -0.2) is 9.37 Å². The van der Waals surface area contributed by atoms with Crippen molar-refractivity contribution in [1.82, 2.24) is 9.88 Å². The molecular weight excluding hydrogens is 561 g/mol. The molecule has 218 valence electrons. The van der Waals surface area contributed by atoms with Gasteiger partial charge in [0.05, 0.1) is 12.0 Å². The van der Waals surface area contributed by atoms with E-state index in [9.17, 15) is 24.3 Å². The number of phenolic OH excluding ortho intramolecular Hbond substituents is 1. The summed E-state index contributed by atoms with van der Waals surface area (Å²) in [6, 6.07) is 17.2. The average Bonchev–Trinajstić information content (AvgIpc) is 3.48. The number of aromatic nitrogens is 1. The zero-order valence-electron chi connectivity index (χ0n) is 23.3. The highest BCUT2D eigenvalue weighted by molar-refractivity contribution is 6.03. The van der Waals surface area contributed by atoms with Gasteiger partial charge in [0.1, 0.15) is 23.2 Å². The number of pyridine rings is 1. The van der Waals surface area contributed by atoms with Crippen molar-refractivity contribution in [2.45, 2.75) is 32.2 Å². The molecule has 9 nitrogen and oxygen atoms in total. The van der Waals surface area contributed by atoms with Gasteiger partial charge in [0.15, 0.2) is 11.6 Å². The van der Waals surface area contributed by atoms with Gasteiger partial charge in [-0.2, -0.15) is 5.26 Å². The highest BCUT2D eigenvalue weighted by Gasteiger charge is 2.21. The number of anilines is 2. The van der Waals surface area contributed by atoms with Gasteiger partial charge in [0, 0.05) is 35.3 Å². The molecule has 11 heteroatoms. The number of hydrogen-bond donors (Lipinski definition) is 3. The summed E-state index contributed by atoms with van der Waals surface area (Å²) in [5.74, 6) is -1.84. The predicted octanol–water partition coefficient (Wildman–Crippen LogP) is 6.46. The van der Waals surface area contributed by atoms with Gasteiger partial charge in [0.2, 0.25) is 5.91 Å². The van der Waals surface area contributed by atoms with Crippen LogP contribution in [0.3, 0.4) is 0 Å². The zero-order valence-corrected chi connectivity index (χ0v) is 24.2. The highest BCUT2D eigenvalue weighted by atomic mass is 35.5. The minimum atomic E-state index is -0.634. The molecule has 4 rings (SSSR count). The van der Waals surface area contributed by atoms with E-state index in [4.69, 9.17) is 4.42 Å². The lowest BCUT2D eigenvalue weighted by atomic mass is 9.97. The molecule has 4 aromatic rings. The third-order valence-corrected chi connectivity index (χ3v) is 6.57. The van der Waals surface area contributed by atoms with E-state index in [0.717, 1.165) is 18.9 Å². The third-order valence-electron chi connectivity index (χ3n) is 6.57. The van der Waals surface area contributed by atoms with Gasteiger partial charge in [-0.05, 0) is 68.5 Å². The molecule has 2 aromatic heterocycles. The molecule has 2 amide bonds. The number of benzene rings is 2. The molecule has 1 unspecified atom stereocenters. The van der Waals surface area contributed by atoms with Crippen LogP contribution in [-0.2, 0) is 4.79 Å². The van der Waals surface area contributed by atoms with Gasteiger partial charge in [-0.1, -0.05) is 25.5 Å². The molecule has 0 aliphatic rings. The summed E-state index contributed by atoms with van der Waals surface area (Å²) in [5.41, 5.74) is 1.89. The number of nitrogens with one attached hydrogen (secondary N) is 2. The van der Waals surface area contributed by atoms with E-state index in [1.807, 2.05) is 19.0 Å². The maximum atomic E-state index is 13.7. The number of furan rings is 1. The summed E-state index contributed by atoms with van der Waals surface area (Å²) < 4.78 is 18.9. The second kappa shape index (κ2) is 14.3. The number of halogens is 2. The van der Waals surface area contributed by atoms with Crippen LogP contribution in [0.1, 0.15) is 42.3 Å². The van der Waals surface area contributed by atoms with E-state index < -0.39 is 11.7 Å². The van der Waals surface area contributed by atoms with E-state index in [1.165, 1.54) is 24.5 Å². The van der Waals surface area contributed by atoms with E-state index in [-0.39, 0.29) is 58.5 Å². The molecule has 0 saturated heterocycles. The van der Waals surface area contributed by atoms with Crippen LogP contribution in [0.15, 0.2) is 71.3 Å². The smallest absolute Gasteiger partial charge is 0.292 e. The molecule has 0 aliphatic carbocycles. The molecule has 2 aromatic carbocycles. The Morgan fingerprint density at radius 1 is 1.10 bits per heavy atom. The molecular formula is C31H31ClFN5O4. The standard InChI is InChI=1S/C31H30FN5O4.ClH/c1-4-7-22(37(2)3)16-29(39)34-21-9-5-8-19(14-21)24-17-26(23-12-11-20(32)15-27(23)38)35-30(25(24)18-33)36-31(40)28-10-6-13-41-28;/h5-6,8-15,17,22,38H,4,7,16H2,1-3H3,(H,34,39)(H,35,36,40);1H. The largest absolute Gasteiger partial charge is 0.507 e. The van der Waals surface area contributed by atoms with Gasteiger partial charge in [-0.3, -0.25) is 9.59 Å². The number of carbonyl (C=O) groups is 2. The van der Waals surface area contributed by atoms with Crippen molar-refractivity contribution in [2.75, 3.05) is 24.7 Å². The second-order valence-electron chi connectivity index (χ2n) is 9.72. The van der Waals surface area contributed by atoms with Crippen LogP contribution in [0.4, 0.5) is 15.9 Å². The fourth-order valence-corrected chi connectivity index (χ4v) is 4.48. The lowest BCUT2D eigenvalue weighted by molar-refractivity contribution is -0.117. The maximum Gasteiger partial charge on any atom is 0.292 e. The third kappa shape index (κ3) is 7.51. The minimum absolute atomic E-state index is 0. The Hall–Kier alpha value is -4.72. The highest BCUT2D eigenvalue weighted by Crippen LogP contribution is 2.36. The number of aromatic hydroxyl groups is 1. The maximum absolute atomic E-state index is 13.7. The number of nitriles is 1. The van der Waals surface area contributed by atoms with E-state index >= 15 is 0 Å². The van der Waals surface area contributed by atoms with Crippen LogP contribution in [-0.4, -0.2) is 46.9 Å². The van der Waals surface area contributed by atoms with Crippen LogP contribution >= 0.6 is 12.4 Å². The summed E-state index contributed by atoms with van der Waals surface area (Å²) in [5, 5.41) is 26.1. The van der Waals surface area contributed by atoms with Crippen LogP contribution in [0, 0.1) is 17.1 Å². The first-order chi connectivity index (χ1) is 19.7. The molecule has 3 N–H and O–H groups in total. The van der Waals surface area contributed by atoms with Crippen molar-refractivity contribution >= 4 is 35.7 Å². The fraction of sp³-hybridized carbons (Fsp3) is 0.226. The van der Waals surface area contributed by atoms with E-state index in [0.29, 0.717) is 23.2 Å². The topological polar surface area (TPSA) is 131 Å². The van der Waals surface area contributed by atoms with Crippen molar-refractivity contribution in [3.05, 3.63) is 84.1 Å². The number of phenols is 1. The quantitative estimate of drug-likeness (QED) is 0.193. The summed E-state index contributed by atoms with van der Waals surface area (Å²) in [7, 11) is 3.89. The number of amides is 2. The number of rotatable bonds is 10. The monoisotopic (exact) mass is 591 g/mol. The Labute approximate surface area is 249 Å². The minimum Gasteiger partial charge on any atom is -0.507 e. The molecule has 0 radical (unpaired) electrons. The molecule has 0 bridgehead atoms. The van der Waals surface area contributed by atoms with Gasteiger partial charge < -0.3 is 25.1 Å². The SMILES string of the molecule is CCCC(CC(=O)Nc1cccc(-c2cc(-c3ccc(F)cc3O)nc(NC(=O)c3ccco3)c2C#N)c1)N(C)C.Cl. The molecule has 2 heterocycles. The predicted molar refractivity (Wildman–Crippen MR) is 161 cm³/mol. The zero-order chi connectivity index (χ0) is 29.5. The van der Waals surface area contributed by atoms with Crippen molar-refractivity contribution in [2.24, 2.45) is 0 Å². The first-order valence-electron chi connectivity index (χ1n) is 13.1. The summed E-state index contributed by atoms with van der Waals surface area (Å²) >= 11 is 0. The van der Waals surface area contributed by atoms with Crippen LogP contribution in [0.25, 0.3) is 22.4 Å². The molecule has 0 aliphatic heterocycles. The lowest BCUT2D eigenvalue weighted by Crippen LogP contribution is -2.32. The second-order valence-corrected chi connectivity index (χ2v) is 9.72. The van der Waals surface area contributed by atoms with Crippen molar-refractivity contribution in [3.8, 4) is 34.2 Å². The molecule has 42 heavy (non-hydrogen) atoms. The van der Waals surface area contributed by atoms with Crippen molar-refractivity contribution in [3.63, 3.8) is 0 Å². The first-order valence-corrected chi connectivity index (χ1v) is 13.1. The Morgan fingerprint density at radius 2 is 1.88 bits per heavy atom.